The third-order valence-electron chi connectivity index (χ3n) is 4.78. The van der Waals surface area contributed by atoms with Gasteiger partial charge in [-0.25, -0.2) is 0 Å². The molecule has 29 heavy (non-hydrogen) atoms. The predicted molar refractivity (Wildman–Crippen MR) is 110 cm³/mol. The van der Waals surface area contributed by atoms with E-state index in [1.54, 1.807) is 61.1 Å². The molecule has 0 atom stereocenters. The van der Waals surface area contributed by atoms with E-state index in [9.17, 15) is 14.4 Å². The van der Waals surface area contributed by atoms with E-state index in [4.69, 9.17) is 16.3 Å². The van der Waals surface area contributed by atoms with Crippen LogP contribution in [0.2, 0.25) is 5.02 Å². The first kappa shape index (κ1) is 20.6. The van der Waals surface area contributed by atoms with Crippen LogP contribution in [0.3, 0.4) is 0 Å². The van der Waals surface area contributed by atoms with Crippen LogP contribution in [0.5, 0.6) is 5.75 Å². The van der Waals surface area contributed by atoms with E-state index in [2.05, 4.69) is 4.74 Å². The van der Waals surface area contributed by atoms with E-state index in [0.717, 1.165) is 5.39 Å². The van der Waals surface area contributed by atoms with Gasteiger partial charge in [-0.3, -0.25) is 19.0 Å². The smallest absolute Gasteiger partial charge is 0.313 e. The van der Waals surface area contributed by atoms with Crippen LogP contribution < -0.4 is 4.74 Å². The lowest BCUT2D eigenvalue weighted by Crippen LogP contribution is -2.15. The maximum atomic E-state index is 13.2. The fraction of sp³-hybridized carbons (Fsp3) is 0.227. The second kappa shape index (κ2) is 8.49. The Balaban J connectivity index is 2.12. The summed E-state index contributed by atoms with van der Waals surface area (Å²) in [6, 6.07) is 11.9. The van der Waals surface area contributed by atoms with Gasteiger partial charge in [-0.15, -0.1) is 0 Å². The van der Waals surface area contributed by atoms with E-state index in [-0.39, 0.29) is 24.5 Å². The molecule has 0 spiro atoms. The number of aromatic nitrogens is 1. The molecule has 1 heterocycles. The SMILES string of the molecule is COC(=O)CC(=O)Cc1c(C)n(C(=O)c2ccc(Cl)cc2)c2ccc(OC)cc12. The van der Waals surface area contributed by atoms with Crippen molar-refractivity contribution in [2.45, 2.75) is 19.8 Å². The lowest BCUT2D eigenvalue weighted by atomic mass is 10.0. The number of fused-ring (bicyclic) bond motifs is 1. The molecule has 0 saturated heterocycles. The van der Waals surface area contributed by atoms with E-state index in [1.165, 1.54) is 7.11 Å². The molecule has 1 aromatic heterocycles. The number of rotatable bonds is 6. The summed E-state index contributed by atoms with van der Waals surface area (Å²) in [5.74, 6) is -0.511. The number of ketones is 1. The highest BCUT2D eigenvalue weighted by Crippen LogP contribution is 2.31. The lowest BCUT2D eigenvalue weighted by Gasteiger charge is -2.08. The van der Waals surface area contributed by atoms with Crippen LogP contribution in [0.15, 0.2) is 42.5 Å². The molecule has 3 rings (SSSR count). The average Bonchev–Trinajstić information content (AvgIpc) is 2.98. The number of hydrogen-bond acceptors (Lipinski definition) is 5. The summed E-state index contributed by atoms with van der Waals surface area (Å²) in [6.07, 6.45) is -0.316. The molecule has 150 valence electrons. The number of carbonyl (C=O) groups is 3. The summed E-state index contributed by atoms with van der Waals surface area (Å²) in [7, 11) is 2.79. The standard InChI is InChI=1S/C22H20ClNO5/c1-13-18(10-16(25)11-21(26)29-3)19-12-17(28-2)8-9-20(19)24(13)22(27)14-4-6-15(23)7-5-14/h4-9,12H,10-11H2,1-3H3. The van der Waals surface area contributed by atoms with Crippen molar-refractivity contribution in [1.29, 1.82) is 0 Å². The van der Waals surface area contributed by atoms with Crippen LogP contribution in [0.25, 0.3) is 10.9 Å². The molecule has 0 amide bonds. The Kier molecular flexibility index (Phi) is 6.03. The molecular weight excluding hydrogens is 394 g/mol. The molecule has 0 bridgehead atoms. The molecule has 0 fully saturated rings. The summed E-state index contributed by atoms with van der Waals surface area (Å²) in [6.45, 7) is 1.78. The van der Waals surface area contributed by atoms with Crippen molar-refractivity contribution in [2.75, 3.05) is 14.2 Å². The van der Waals surface area contributed by atoms with Crippen molar-refractivity contribution in [2.24, 2.45) is 0 Å². The van der Waals surface area contributed by atoms with Gasteiger partial charge in [-0.2, -0.15) is 0 Å². The summed E-state index contributed by atoms with van der Waals surface area (Å²) >= 11 is 5.93. The zero-order valence-corrected chi connectivity index (χ0v) is 17.1. The van der Waals surface area contributed by atoms with Gasteiger partial charge in [0, 0.05) is 28.1 Å². The third-order valence-corrected chi connectivity index (χ3v) is 5.03. The molecular formula is C22H20ClNO5. The maximum Gasteiger partial charge on any atom is 0.313 e. The Morgan fingerprint density at radius 1 is 1.03 bits per heavy atom. The number of halogens is 1. The second-order valence-corrected chi connectivity index (χ2v) is 7.00. The largest absolute Gasteiger partial charge is 0.497 e. The Hall–Kier alpha value is -3.12. The summed E-state index contributed by atoms with van der Waals surface area (Å²) in [5.41, 5.74) is 2.43. The van der Waals surface area contributed by atoms with Gasteiger partial charge in [0.25, 0.3) is 5.91 Å². The van der Waals surface area contributed by atoms with Gasteiger partial charge >= 0.3 is 5.97 Å². The molecule has 0 saturated carbocycles. The van der Waals surface area contributed by atoms with Crippen molar-refractivity contribution in [3.05, 3.63) is 64.3 Å². The first-order valence-corrected chi connectivity index (χ1v) is 9.30. The van der Waals surface area contributed by atoms with Gasteiger partial charge in [-0.1, -0.05) is 11.6 Å². The summed E-state index contributed by atoms with van der Waals surface area (Å²) < 4.78 is 11.4. The highest BCUT2D eigenvalue weighted by atomic mass is 35.5. The van der Waals surface area contributed by atoms with Gasteiger partial charge < -0.3 is 9.47 Å². The summed E-state index contributed by atoms with van der Waals surface area (Å²) in [4.78, 5) is 37.0. The van der Waals surface area contributed by atoms with Crippen molar-refractivity contribution < 1.29 is 23.9 Å². The van der Waals surface area contributed by atoms with Crippen LogP contribution in [0, 0.1) is 6.92 Å². The Bertz CT molecular complexity index is 1100. The number of ether oxygens (including phenoxy) is 2. The Morgan fingerprint density at radius 2 is 1.72 bits per heavy atom. The molecule has 2 aromatic carbocycles. The number of methoxy groups -OCH3 is 2. The number of carbonyl (C=O) groups excluding carboxylic acids is 3. The molecule has 0 aliphatic carbocycles. The van der Waals surface area contributed by atoms with E-state index < -0.39 is 5.97 Å². The predicted octanol–water partition coefficient (Wildman–Crippen LogP) is 3.97. The average molecular weight is 414 g/mol. The van der Waals surface area contributed by atoms with E-state index >= 15 is 0 Å². The molecule has 0 aliphatic heterocycles. The molecule has 0 unspecified atom stereocenters. The molecule has 0 N–H and O–H groups in total. The van der Waals surface area contributed by atoms with Gasteiger partial charge in [0.05, 0.1) is 19.7 Å². The molecule has 3 aromatic rings. The Morgan fingerprint density at radius 3 is 2.34 bits per heavy atom. The minimum atomic E-state index is -0.591. The molecule has 0 radical (unpaired) electrons. The molecule has 7 heteroatoms. The fourth-order valence-corrected chi connectivity index (χ4v) is 3.41. The van der Waals surface area contributed by atoms with E-state index in [0.29, 0.717) is 33.1 Å². The number of Topliss-reactive ketones (excluding diaryl/α,β-unsaturated/α-hetero) is 1. The number of hydrogen-bond donors (Lipinski definition) is 0. The highest BCUT2D eigenvalue weighted by molar-refractivity contribution is 6.30. The number of esters is 1. The van der Waals surface area contributed by atoms with Crippen molar-refractivity contribution in [3.63, 3.8) is 0 Å². The topological polar surface area (TPSA) is 74.6 Å². The third kappa shape index (κ3) is 4.17. The van der Waals surface area contributed by atoms with Crippen molar-refractivity contribution in [3.8, 4) is 5.75 Å². The van der Waals surface area contributed by atoms with Gasteiger partial charge in [0.1, 0.15) is 18.0 Å². The Labute approximate surface area is 173 Å². The van der Waals surface area contributed by atoms with Gasteiger partial charge in [0.2, 0.25) is 0 Å². The van der Waals surface area contributed by atoms with Crippen LogP contribution in [-0.4, -0.2) is 36.4 Å². The fourth-order valence-electron chi connectivity index (χ4n) is 3.29. The monoisotopic (exact) mass is 413 g/mol. The molecule has 0 aliphatic rings. The van der Waals surface area contributed by atoms with Crippen molar-refractivity contribution >= 4 is 40.2 Å². The molecule has 6 nitrogen and oxygen atoms in total. The van der Waals surface area contributed by atoms with E-state index in [1.807, 2.05) is 0 Å². The summed E-state index contributed by atoms with van der Waals surface area (Å²) in [5, 5.41) is 1.26. The zero-order valence-electron chi connectivity index (χ0n) is 16.3. The quantitative estimate of drug-likeness (QED) is 0.451. The van der Waals surface area contributed by atoms with Gasteiger partial charge in [-0.05, 0) is 55.0 Å². The first-order chi connectivity index (χ1) is 13.8. The van der Waals surface area contributed by atoms with Crippen LogP contribution in [0.4, 0.5) is 0 Å². The maximum absolute atomic E-state index is 13.2. The van der Waals surface area contributed by atoms with Gasteiger partial charge in [0.15, 0.2) is 0 Å². The first-order valence-electron chi connectivity index (χ1n) is 8.92. The second-order valence-electron chi connectivity index (χ2n) is 6.56. The van der Waals surface area contributed by atoms with Crippen LogP contribution in [-0.2, 0) is 20.7 Å². The minimum Gasteiger partial charge on any atom is -0.497 e. The lowest BCUT2D eigenvalue weighted by molar-refractivity contribution is -0.143. The normalized spacial score (nSPS) is 10.8. The highest BCUT2D eigenvalue weighted by Gasteiger charge is 2.22. The number of nitrogens with zero attached hydrogens (tertiary/aromatic N) is 1. The number of benzene rings is 2. The minimum absolute atomic E-state index is 0.00546. The zero-order chi connectivity index (χ0) is 21.1. The van der Waals surface area contributed by atoms with Crippen LogP contribution in [0.1, 0.15) is 28.0 Å². The van der Waals surface area contributed by atoms with Crippen LogP contribution >= 0.6 is 11.6 Å². The van der Waals surface area contributed by atoms with Crippen molar-refractivity contribution in [1.82, 2.24) is 4.57 Å².